The second-order valence-electron chi connectivity index (χ2n) is 3.58. The summed E-state index contributed by atoms with van der Waals surface area (Å²) in [4.78, 5) is 29.5. The first-order chi connectivity index (χ1) is 8.06. The van der Waals surface area contributed by atoms with Crippen LogP contribution in [0.2, 0.25) is 0 Å². The van der Waals surface area contributed by atoms with Crippen molar-refractivity contribution in [3.63, 3.8) is 0 Å². The maximum absolute atomic E-state index is 11.4. The predicted molar refractivity (Wildman–Crippen MR) is 66.2 cm³/mol. The number of carbonyl (C=O) groups excluding carboxylic acids is 1. The van der Waals surface area contributed by atoms with E-state index in [1.165, 1.54) is 24.9 Å². The molecular formula is C11H16N2O3S. The predicted octanol–water partition coefficient (Wildman–Crippen LogP) is 1.38. The zero-order valence-corrected chi connectivity index (χ0v) is 11.0. The topological polar surface area (TPSA) is 72.0 Å². The van der Waals surface area contributed by atoms with Gasteiger partial charge in [0.2, 0.25) is 0 Å². The number of nitrogens with zero attached hydrogens (tertiary/aromatic N) is 1. The summed E-state index contributed by atoms with van der Waals surface area (Å²) >= 11 is 1.19. The smallest absolute Gasteiger partial charge is 0.318 e. The summed E-state index contributed by atoms with van der Waals surface area (Å²) in [6.07, 6.45) is 1.68. The molecule has 0 amide bonds. The van der Waals surface area contributed by atoms with Crippen molar-refractivity contribution < 1.29 is 9.53 Å². The molecule has 0 saturated heterocycles. The third kappa shape index (κ3) is 4.22. The van der Waals surface area contributed by atoms with Crippen LogP contribution in [-0.2, 0) is 16.0 Å². The summed E-state index contributed by atoms with van der Waals surface area (Å²) in [6, 6.07) is 1.48. The zero-order valence-electron chi connectivity index (χ0n) is 10.1. The number of methoxy groups -OCH3 is 1. The Hall–Kier alpha value is -1.30. The lowest BCUT2D eigenvalue weighted by Crippen LogP contribution is -2.17. The van der Waals surface area contributed by atoms with Gasteiger partial charge in [-0.05, 0) is 13.3 Å². The zero-order chi connectivity index (χ0) is 12.8. The molecule has 0 saturated carbocycles. The fraction of sp³-hybridized carbons (Fsp3) is 0.545. The second-order valence-corrected chi connectivity index (χ2v) is 4.90. The molecule has 0 fully saturated rings. The second kappa shape index (κ2) is 6.44. The fourth-order valence-electron chi connectivity index (χ4n) is 1.31. The van der Waals surface area contributed by atoms with Gasteiger partial charge in [-0.2, -0.15) is 0 Å². The highest BCUT2D eigenvalue weighted by atomic mass is 32.2. The van der Waals surface area contributed by atoms with Gasteiger partial charge in [0.25, 0.3) is 5.56 Å². The molecule has 1 N–H and O–H groups in total. The van der Waals surface area contributed by atoms with Gasteiger partial charge in [-0.15, -0.1) is 0 Å². The van der Waals surface area contributed by atoms with E-state index in [1.807, 2.05) is 6.92 Å². The molecule has 1 heterocycles. The summed E-state index contributed by atoms with van der Waals surface area (Å²) in [7, 11) is 1.34. The molecular weight excluding hydrogens is 240 g/mol. The van der Waals surface area contributed by atoms with E-state index in [0.717, 1.165) is 18.5 Å². The van der Waals surface area contributed by atoms with Crippen LogP contribution in [0.5, 0.6) is 0 Å². The highest BCUT2D eigenvalue weighted by Gasteiger charge is 2.16. The molecule has 0 bridgehead atoms. The summed E-state index contributed by atoms with van der Waals surface area (Å²) in [5.41, 5.74) is 0.554. The highest BCUT2D eigenvalue weighted by molar-refractivity contribution is 8.00. The van der Waals surface area contributed by atoms with Crippen LogP contribution in [0.3, 0.4) is 0 Å². The Bertz CT molecular complexity index is 445. The third-order valence-corrected chi connectivity index (χ3v) is 3.06. The molecule has 1 aromatic heterocycles. The van der Waals surface area contributed by atoms with Crippen LogP contribution in [0.25, 0.3) is 0 Å². The van der Waals surface area contributed by atoms with Gasteiger partial charge in [0.15, 0.2) is 5.16 Å². The van der Waals surface area contributed by atoms with E-state index < -0.39 is 0 Å². The molecule has 0 spiro atoms. The van der Waals surface area contributed by atoms with Gasteiger partial charge < -0.3 is 9.72 Å². The van der Waals surface area contributed by atoms with E-state index in [0.29, 0.717) is 5.16 Å². The van der Waals surface area contributed by atoms with Gasteiger partial charge in [-0.3, -0.25) is 9.59 Å². The Morgan fingerprint density at radius 1 is 1.65 bits per heavy atom. The number of rotatable bonds is 5. The van der Waals surface area contributed by atoms with E-state index in [9.17, 15) is 9.59 Å². The quantitative estimate of drug-likeness (QED) is 0.489. The van der Waals surface area contributed by atoms with E-state index in [4.69, 9.17) is 0 Å². The van der Waals surface area contributed by atoms with Crippen molar-refractivity contribution in [3.8, 4) is 0 Å². The summed E-state index contributed by atoms with van der Waals surface area (Å²) in [6.45, 7) is 3.73. The molecule has 1 aromatic rings. The first-order valence-electron chi connectivity index (χ1n) is 5.41. The van der Waals surface area contributed by atoms with E-state index in [-0.39, 0.29) is 16.8 Å². The lowest BCUT2D eigenvalue weighted by molar-refractivity contribution is -0.139. The van der Waals surface area contributed by atoms with Gasteiger partial charge in [-0.25, -0.2) is 4.98 Å². The van der Waals surface area contributed by atoms with E-state index in [1.54, 1.807) is 6.92 Å². The highest BCUT2D eigenvalue weighted by Crippen LogP contribution is 2.19. The van der Waals surface area contributed by atoms with E-state index in [2.05, 4.69) is 14.7 Å². The Morgan fingerprint density at radius 2 is 2.35 bits per heavy atom. The van der Waals surface area contributed by atoms with Crippen molar-refractivity contribution >= 4 is 17.7 Å². The average Bonchev–Trinajstić information content (AvgIpc) is 2.27. The number of hydrogen-bond acceptors (Lipinski definition) is 5. The number of nitrogens with one attached hydrogen (secondary N) is 1. The molecule has 1 rings (SSSR count). The SMILES string of the molecule is CCCc1cc(=O)[nH]c(S[C@@H](C)C(=O)OC)n1. The Morgan fingerprint density at radius 3 is 2.94 bits per heavy atom. The van der Waals surface area contributed by atoms with Crippen LogP contribution >= 0.6 is 11.8 Å². The molecule has 17 heavy (non-hydrogen) atoms. The molecule has 0 aliphatic heterocycles. The lowest BCUT2D eigenvalue weighted by Gasteiger charge is -2.08. The first kappa shape index (κ1) is 13.8. The summed E-state index contributed by atoms with van der Waals surface area (Å²) in [5, 5.41) is 0.0684. The Balaban J connectivity index is 2.83. The molecule has 6 heteroatoms. The first-order valence-corrected chi connectivity index (χ1v) is 6.29. The molecule has 5 nitrogen and oxygen atoms in total. The number of aryl methyl sites for hydroxylation is 1. The monoisotopic (exact) mass is 256 g/mol. The van der Waals surface area contributed by atoms with E-state index >= 15 is 0 Å². The summed E-state index contributed by atoms with van der Waals surface area (Å²) < 4.78 is 4.61. The van der Waals surface area contributed by atoms with Crippen molar-refractivity contribution in [2.75, 3.05) is 7.11 Å². The van der Waals surface area contributed by atoms with Crippen LogP contribution in [-0.4, -0.2) is 28.3 Å². The van der Waals surface area contributed by atoms with Crippen LogP contribution in [0, 0.1) is 0 Å². The van der Waals surface area contributed by atoms with Crippen LogP contribution in [0.4, 0.5) is 0 Å². The van der Waals surface area contributed by atoms with Crippen LogP contribution in [0.1, 0.15) is 26.0 Å². The normalized spacial score (nSPS) is 12.2. The number of aromatic amines is 1. The number of esters is 1. The number of hydrogen-bond donors (Lipinski definition) is 1. The number of H-pyrrole nitrogens is 1. The Kier molecular flexibility index (Phi) is 5.21. The number of ether oxygens (including phenoxy) is 1. The molecule has 94 valence electrons. The molecule has 0 aliphatic carbocycles. The molecule has 0 aromatic carbocycles. The molecule has 0 radical (unpaired) electrons. The van der Waals surface area contributed by atoms with Gasteiger partial charge >= 0.3 is 5.97 Å². The maximum atomic E-state index is 11.4. The van der Waals surface area contributed by atoms with Crippen molar-refractivity contribution in [2.45, 2.75) is 37.1 Å². The lowest BCUT2D eigenvalue weighted by atomic mass is 10.2. The third-order valence-electron chi connectivity index (χ3n) is 2.10. The van der Waals surface area contributed by atoms with Crippen LogP contribution in [0.15, 0.2) is 16.0 Å². The standard InChI is InChI=1S/C11H16N2O3S/c1-4-5-8-6-9(14)13-11(12-8)17-7(2)10(15)16-3/h6-7H,4-5H2,1-3H3,(H,12,13,14)/t7-/m0/s1. The number of thioether (sulfide) groups is 1. The van der Waals surface area contributed by atoms with Crippen LogP contribution < -0.4 is 5.56 Å². The van der Waals surface area contributed by atoms with Crippen molar-refractivity contribution in [2.24, 2.45) is 0 Å². The minimum atomic E-state index is -0.389. The molecule has 1 atom stereocenters. The van der Waals surface area contributed by atoms with Gasteiger partial charge in [0, 0.05) is 11.8 Å². The van der Waals surface area contributed by atoms with Gasteiger partial charge in [0.05, 0.1) is 7.11 Å². The maximum Gasteiger partial charge on any atom is 0.318 e. The van der Waals surface area contributed by atoms with Gasteiger partial charge in [-0.1, -0.05) is 25.1 Å². The summed E-state index contributed by atoms with van der Waals surface area (Å²) in [5.74, 6) is -0.335. The molecule has 0 unspecified atom stereocenters. The minimum absolute atomic E-state index is 0.192. The largest absolute Gasteiger partial charge is 0.468 e. The van der Waals surface area contributed by atoms with Gasteiger partial charge in [0.1, 0.15) is 5.25 Å². The van der Waals surface area contributed by atoms with Crippen molar-refractivity contribution in [1.29, 1.82) is 0 Å². The van der Waals surface area contributed by atoms with Crippen molar-refractivity contribution in [1.82, 2.24) is 9.97 Å². The average molecular weight is 256 g/mol. The molecule has 0 aliphatic rings. The van der Waals surface area contributed by atoms with Crippen molar-refractivity contribution in [3.05, 3.63) is 22.1 Å². The minimum Gasteiger partial charge on any atom is -0.468 e. The Labute approximate surface area is 104 Å². The number of aromatic nitrogens is 2. The number of carbonyl (C=O) groups is 1. The fourth-order valence-corrected chi connectivity index (χ4v) is 2.16.